The van der Waals surface area contributed by atoms with Crippen LogP contribution in [-0.4, -0.2) is 28.3 Å². The maximum Gasteiger partial charge on any atom is 0.140 e. The summed E-state index contributed by atoms with van der Waals surface area (Å²) < 4.78 is 0. The molecule has 1 aliphatic carbocycles. The third-order valence-corrected chi connectivity index (χ3v) is 4.81. The van der Waals surface area contributed by atoms with E-state index in [1.807, 2.05) is 12.1 Å². The molecule has 0 spiro atoms. The van der Waals surface area contributed by atoms with Crippen LogP contribution in [0.2, 0.25) is 0 Å². The van der Waals surface area contributed by atoms with E-state index < -0.39 is 0 Å². The highest BCUT2D eigenvalue weighted by atomic mass is 16.1. The molecule has 0 bridgehead atoms. The topological polar surface area (TPSA) is 57.0 Å². The van der Waals surface area contributed by atoms with Crippen LogP contribution in [0.15, 0.2) is 18.3 Å². The standard InChI is InChI=1S/C17H21N3O/c18-11-14-10-13(7-8-19-14)12-20-9-2-1-5-16(20)15-4-3-6-17(15)21/h7-8,10,15-16H,1-6,9,12H2. The molecule has 2 aliphatic rings. The summed E-state index contributed by atoms with van der Waals surface area (Å²) >= 11 is 0. The van der Waals surface area contributed by atoms with Gasteiger partial charge in [0.05, 0.1) is 0 Å². The monoisotopic (exact) mass is 283 g/mol. The van der Waals surface area contributed by atoms with E-state index in [4.69, 9.17) is 5.26 Å². The number of nitrogens with zero attached hydrogens (tertiary/aromatic N) is 3. The molecule has 2 unspecified atom stereocenters. The van der Waals surface area contributed by atoms with E-state index in [9.17, 15) is 4.79 Å². The summed E-state index contributed by atoms with van der Waals surface area (Å²) in [6, 6.07) is 6.33. The van der Waals surface area contributed by atoms with Crippen LogP contribution in [0, 0.1) is 17.2 Å². The number of likely N-dealkylation sites (tertiary alicyclic amines) is 1. The molecule has 0 aromatic carbocycles. The highest BCUT2D eigenvalue weighted by Crippen LogP contribution is 2.33. The highest BCUT2D eigenvalue weighted by molar-refractivity contribution is 5.83. The second-order valence-corrected chi connectivity index (χ2v) is 6.16. The van der Waals surface area contributed by atoms with E-state index in [2.05, 4.69) is 16.0 Å². The summed E-state index contributed by atoms with van der Waals surface area (Å²) in [5.74, 6) is 0.696. The number of aromatic nitrogens is 1. The Bertz CT molecular complexity index is 563. The van der Waals surface area contributed by atoms with Crippen molar-refractivity contribution in [3.8, 4) is 6.07 Å². The van der Waals surface area contributed by atoms with Crippen molar-refractivity contribution in [3.05, 3.63) is 29.6 Å². The van der Waals surface area contributed by atoms with Crippen LogP contribution in [0.25, 0.3) is 0 Å². The van der Waals surface area contributed by atoms with E-state index >= 15 is 0 Å². The normalized spacial score (nSPS) is 26.7. The number of carbonyl (C=O) groups is 1. The smallest absolute Gasteiger partial charge is 0.140 e. The second-order valence-electron chi connectivity index (χ2n) is 6.16. The first-order chi connectivity index (χ1) is 10.3. The molecule has 1 aromatic rings. The number of piperidine rings is 1. The molecule has 0 radical (unpaired) electrons. The van der Waals surface area contributed by atoms with E-state index in [1.54, 1.807) is 6.20 Å². The van der Waals surface area contributed by atoms with E-state index in [1.165, 1.54) is 12.8 Å². The fraction of sp³-hybridized carbons (Fsp3) is 0.588. The number of pyridine rings is 1. The van der Waals surface area contributed by atoms with Crippen molar-refractivity contribution in [1.29, 1.82) is 5.26 Å². The molecule has 1 saturated heterocycles. The van der Waals surface area contributed by atoms with Crippen LogP contribution < -0.4 is 0 Å². The van der Waals surface area contributed by atoms with E-state index in [0.717, 1.165) is 44.3 Å². The van der Waals surface area contributed by atoms with Crippen molar-refractivity contribution in [1.82, 2.24) is 9.88 Å². The molecule has 2 fully saturated rings. The number of ketones is 1. The van der Waals surface area contributed by atoms with Gasteiger partial charge in [0, 0.05) is 31.1 Å². The van der Waals surface area contributed by atoms with Gasteiger partial charge in [0.2, 0.25) is 0 Å². The van der Waals surface area contributed by atoms with Gasteiger partial charge in [0.1, 0.15) is 17.5 Å². The molecule has 1 saturated carbocycles. The minimum Gasteiger partial charge on any atom is -0.299 e. The van der Waals surface area contributed by atoms with Crippen LogP contribution >= 0.6 is 0 Å². The van der Waals surface area contributed by atoms with Crippen molar-refractivity contribution in [2.45, 2.75) is 51.1 Å². The van der Waals surface area contributed by atoms with Crippen molar-refractivity contribution >= 4 is 5.78 Å². The third-order valence-electron chi connectivity index (χ3n) is 4.81. The lowest BCUT2D eigenvalue weighted by Gasteiger charge is -2.38. The zero-order valence-electron chi connectivity index (χ0n) is 12.3. The average Bonchev–Trinajstić information content (AvgIpc) is 2.94. The van der Waals surface area contributed by atoms with Gasteiger partial charge in [0.25, 0.3) is 0 Å². The Kier molecular flexibility index (Phi) is 4.31. The van der Waals surface area contributed by atoms with Crippen molar-refractivity contribution in [2.24, 2.45) is 5.92 Å². The van der Waals surface area contributed by atoms with Gasteiger partial charge < -0.3 is 0 Å². The summed E-state index contributed by atoms with van der Waals surface area (Å²) in [4.78, 5) is 18.6. The van der Waals surface area contributed by atoms with Gasteiger partial charge in [-0.25, -0.2) is 4.98 Å². The Morgan fingerprint density at radius 2 is 2.24 bits per heavy atom. The third kappa shape index (κ3) is 3.14. The minimum absolute atomic E-state index is 0.238. The zero-order valence-corrected chi connectivity index (χ0v) is 12.3. The number of Topliss-reactive ketones (excluding diaryl/α,β-unsaturated/α-hetero) is 1. The van der Waals surface area contributed by atoms with Gasteiger partial charge in [-0.1, -0.05) is 6.42 Å². The summed E-state index contributed by atoms with van der Waals surface area (Å²) in [5.41, 5.74) is 1.59. The minimum atomic E-state index is 0.238. The van der Waals surface area contributed by atoms with Crippen molar-refractivity contribution < 1.29 is 4.79 Å². The summed E-state index contributed by atoms with van der Waals surface area (Å²) in [7, 11) is 0. The van der Waals surface area contributed by atoms with E-state index in [-0.39, 0.29) is 5.92 Å². The molecule has 21 heavy (non-hydrogen) atoms. The van der Waals surface area contributed by atoms with Gasteiger partial charge >= 0.3 is 0 Å². The Labute approximate surface area is 125 Å². The first kappa shape index (κ1) is 14.2. The predicted molar refractivity (Wildman–Crippen MR) is 79.3 cm³/mol. The molecule has 4 heteroatoms. The first-order valence-electron chi connectivity index (χ1n) is 7.90. The summed E-state index contributed by atoms with van der Waals surface area (Å²) in [5, 5.41) is 8.96. The van der Waals surface area contributed by atoms with Crippen LogP contribution in [0.1, 0.15) is 49.8 Å². The first-order valence-corrected chi connectivity index (χ1v) is 7.90. The number of rotatable bonds is 3. The van der Waals surface area contributed by atoms with Crippen LogP contribution in [0.5, 0.6) is 0 Å². The molecule has 1 aromatic heterocycles. The number of hydrogen-bond donors (Lipinski definition) is 0. The molecular weight excluding hydrogens is 262 g/mol. The maximum absolute atomic E-state index is 12.1. The van der Waals surface area contributed by atoms with Gasteiger partial charge in [0.15, 0.2) is 0 Å². The average molecular weight is 283 g/mol. The van der Waals surface area contributed by atoms with Crippen LogP contribution in [0.4, 0.5) is 0 Å². The van der Waals surface area contributed by atoms with Gasteiger partial charge in [-0.15, -0.1) is 0 Å². The Hall–Kier alpha value is -1.73. The molecular formula is C17H21N3O. The lowest BCUT2D eigenvalue weighted by molar-refractivity contribution is -0.123. The lowest BCUT2D eigenvalue weighted by atomic mass is 9.88. The van der Waals surface area contributed by atoms with Gasteiger partial charge in [-0.05, 0) is 49.9 Å². The molecule has 0 N–H and O–H groups in total. The Balaban J connectivity index is 1.75. The second kappa shape index (κ2) is 6.36. The van der Waals surface area contributed by atoms with Crippen LogP contribution in [-0.2, 0) is 11.3 Å². The molecule has 2 atom stereocenters. The number of hydrogen-bond acceptors (Lipinski definition) is 4. The lowest BCUT2D eigenvalue weighted by Crippen LogP contribution is -2.44. The quantitative estimate of drug-likeness (QED) is 0.855. The SMILES string of the molecule is N#Cc1cc(CN2CCCCC2C2CCCC2=O)ccn1. The highest BCUT2D eigenvalue weighted by Gasteiger charge is 2.36. The van der Waals surface area contributed by atoms with Crippen molar-refractivity contribution in [3.63, 3.8) is 0 Å². The molecule has 4 nitrogen and oxygen atoms in total. The fourth-order valence-electron chi connectivity index (χ4n) is 3.79. The number of nitriles is 1. The van der Waals surface area contributed by atoms with Crippen molar-refractivity contribution in [2.75, 3.05) is 6.54 Å². The Morgan fingerprint density at radius 1 is 1.33 bits per heavy atom. The van der Waals surface area contributed by atoms with Gasteiger partial charge in [-0.3, -0.25) is 9.69 Å². The maximum atomic E-state index is 12.1. The summed E-state index contributed by atoms with van der Waals surface area (Å²) in [6.45, 7) is 1.88. The largest absolute Gasteiger partial charge is 0.299 e. The van der Waals surface area contributed by atoms with E-state index in [0.29, 0.717) is 17.5 Å². The fourth-order valence-corrected chi connectivity index (χ4v) is 3.79. The van der Waals surface area contributed by atoms with Crippen LogP contribution in [0.3, 0.4) is 0 Å². The molecule has 110 valence electrons. The molecule has 1 aliphatic heterocycles. The molecule has 2 heterocycles. The Morgan fingerprint density at radius 3 is 3.00 bits per heavy atom. The molecule has 0 amide bonds. The summed E-state index contributed by atoms with van der Waals surface area (Å²) in [6.07, 6.45) is 8.14. The predicted octanol–water partition coefficient (Wildman–Crippen LogP) is 2.68. The van der Waals surface area contributed by atoms with Gasteiger partial charge in [-0.2, -0.15) is 5.26 Å². The molecule has 3 rings (SSSR count). The number of carbonyl (C=O) groups excluding carboxylic acids is 1. The zero-order chi connectivity index (χ0) is 14.7.